The third kappa shape index (κ3) is 5.21. The number of aliphatic carboxylic acids is 1. The van der Waals surface area contributed by atoms with Crippen LogP contribution in [0.2, 0.25) is 0 Å². The molecule has 3 heterocycles. The van der Waals surface area contributed by atoms with Crippen molar-refractivity contribution in [1.29, 1.82) is 5.26 Å². The van der Waals surface area contributed by atoms with Gasteiger partial charge in [-0.15, -0.1) is 0 Å². The molecule has 2 aliphatic heterocycles. The van der Waals surface area contributed by atoms with E-state index in [-0.39, 0.29) is 24.8 Å². The van der Waals surface area contributed by atoms with Crippen LogP contribution in [0.15, 0.2) is 24.3 Å². The maximum atomic E-state index is 12.8. The van der Waals surface area contributed by atoms with Gasteiger partial charge in [0.05, 0.1) is 11.3 Å². The van der Waals surface area contributed by atoms with Crippen LogP contribution in [-0.2, 0) is 20.9 Å². The number of aromatic nitrogens is 1. The van der Waals surface area contributed by atoms with Gasteiger partial charge in [0.15, 0.2) is 0 Å². The quantitative estimate of drug-likeness (QED) is 0.538. The molecule has 13 heteroatoms. The van der Waals surface area contributed by atoms with Crippen LogP contribution in [0.3, 0.4) is 0 Å². The Bertz CT molecular complexity index is 1290. The van der Waals surface area contributed by atoms with Crippen LogP contribution in [-0.4, -0.2) is 50.9 Å². The number of nitrogens with two attached hydrogens (primary N) is 1. The predicted octanol–water partition coefficient (Wildman–Crippen LogP) is 1.91. The van der Waals surface area contributed by atoms with Crippen molar-refractivity contribution in [2.24, 2.45) is 0 Å². The predicted molar refractivity (Wildman–Crippen MR) is 113 cm³/mol. The van der Waals surface area contributed by atoms with Crippen LogP contribution in [0.4, 0.5) is 19.0 Å². The van der Waals surface area contributed by atoms with Gasteiger partial charge in [0, 0.05) is 24.1 Å². The summed E-state index contributed by atoms with van der Waals surface area (Å²) in [5.41, 5.74) is 9.42. The second kappa shape index (κ2) is 9.41. The maximum Gasteiger partial charge on any atom is 0.490 e. The number of nitriles is 1. The molecule has 0 aliphatic carbocycles. The van der Waals surface area contributed by atoms with Gasteiger partial charge in [0.2, 0.25) is 11.8 Å². The lowest BCUT2D eigenvalue weighted by Crippen LogP contribution is -2.52. The highest BCUT2D eigenvalue weighted by atomic mass is 19.4. The van der Waals surface area contributed by atoms with Gasteiger partial charge in [0.25, 0.3) is 5.91 Å². The van der Waals surface area contributed by atoms with Crippen molar-refractivity contribution in [2.75, 3.05) is 5.73 Å². The molecule has 3 amide bonds. The molecule has 0 radical (unpaired) electrons. The number of carbonyl (C=O) groups excluding carboxylic acids is 3. The molecule has 0 spiro atoms. The number of aryl methyl sites for hydroxylation is 1. The minimum absolute atomic E-state index is 0.208. The third-order valence-corrected chi connectivity index (χ3v) is 5.41. The number of piperidine rings is 1. The normalized spacial score (nSPS) is 17.2. The Morgan fingerprint density at radius 3 is 2.51 bits per heavy atom. The fraction of sp³-hybridized carbons (Fsp3) is 0.273. The van der Waals surface area contributed by atoms with Gasteiger partial charge in [-0.2, -0.15) is 18.4 Å². The largest absolute Gasteiger partial charge is 0.490 e. The van der Waals surface area contributed by atoms with Gasteiger partial charge in [-0.3, -0.25) is 19.7 Å². The number of hydrogen-bond donors (Lipinski definition) is 3. The maximum absolute atomic E-state index is 12.8. The number of alkyl halides is 3. The number of hydrogen-bond acceptors (Lipinski definition) is 7. The average molecular weight is 489 g/mol. The number of nitrogen functional groups attached to an aromatic ring is 1. The fourth-order valence-electron chi connectivity index (χ4n) is 3.65. The number of nitrogens with zero attached hydrogens (tertiary/aromatic N) is 3. The molecule has 2 aromatic rings. The minimum atomic E-state index is -5.08. The molecule has 1 aromatic carbocycles. The van der Waals surface area contributed by atoms with Gasteiger partial charge in [0.1, 0.15) is 17.9 Å². The Hall–Kier alpha value is -4.47. The number of carboxylic acids is 1. The second-order valence-corrected chi connectivity index (χ2v) is 7.77. The molecule has 0 bridgehead atoms. The molecule has 1 fully saturated rings. The van der Waals surface area contributed by atoms with Crippen LogP contribution in [0, 0.1) is 18.3 Å². The van der Waals surface area contributed by atoms with Gasteiger partial charge in [-0.25, -0.2) is 9.78 Å². The van der Waals surface area contributed by atoms with Crippen LogP contribution < -0.4 is 11.1 Å². The summed E-state index contributed by atoms with van der Waals surface area (Å²) in [6, 6.07) is 8.36. The summed E-state index contributed by atoms with van der Waals surface area (Å²) in [5, 5.41) is 18.8. The molecule has 1 unspecified atom stereocenters. The summed E-state index contributed by atoms with van der Waals surface area (Å²) in [6.45, 7) is 2.05. The lowest BCUT2D eigenvalue weighted by atomic mass is 10.0. The molecule has 4 N–H and O–H groups in total. The van der Waals surface area contributed by atoms with Crippen molar-refractivity contribution in [3.8, 4) is 17.3 Å². The zero-order valence-corrected chi connectivity index (χ0v) is 18.1. The first kappa shape index (κ1) is 25.2. The summed E-state index contributed by atoms with van der Waals surface area (Å²) in [6.07, 6.45) is -4.56. The van der Waals surface area contributed by atoms with Crippen LogP contribution in [0.25, 0.3) is 11.3 Å². The number of amides is 3. The number of fused-ring (bicyclic) bond motifs is 1. The molecule has 0 saturated carbocycles. The van der Waals surface area contributed by atoms with Crippen LogP contribution in [0.5, 0.6) is 0 Å². The van der Waals surface area contributed by atoms with E-state index >= 15 is 0 Å². The molecular formula is C22H18F3N5O5. The van der Waals surface area contributed by atoms with Crippen molar-refractivity contribution >= 4 is 29.5 Å². The second-order valence-electron chi connectivity index (χ2n) is 7.77. The number of benzene rings is 1. The Morgan fingerprint density at radius 1 is 1.29 bits per heavy atom. The summed E-state index contributed by atoms with van der Waals surface area (Å²) >= 11 is 0. The Morgan fingerprint density at radius 2 is 1.94 bits per heavy atom. The number of carbonyl (C=O) groups is 4. The first-order chi connectivity index (χ1) is 16.3. The van der Waals surface area contributed by atoms with E-state index in [9.17, 15) is 32.8 Å². The van der Waals surface area contributed by atoms with E-state index in [2.05, 4.69) is 16.4 Å². The molecule has 10 nitrogen and oxygen atoms in total. The molecule has 2 aliphatic rings. The minimum Gasteiger partial charge on any atom is -0.475 e. The first-order valence-corrected chi connectivity index (χ1v) is 10.1. The smallest absolute Gasteiger partial charge is 0.475 e. The van der Waals surface area contributed by atoms with Crippen molar-refractivity contribution in [1.82, 2.24) is 15.2 Å². The van der Waals surface area contributed by atoms with E-state index in [4.69, 9.17) is 15.6 Å². The van der Waals surface area contributed by atoms with Crippen molar-refractivity contribution < 1.29 is 37.5 Å². The summed E-state index contributed by atoms with van der Waals surface area (Å²) in [5.74, 6) is -3.42. The number of rotatable bonds is 2. The van der Waals surface area contributed by atoms with E-state index in [0.717, 1.165) is 11.1 Å². The van der Waals surface area contributed by atoms with E-state index in [1.54, 1.807) is 31.2 Å². The summed E-state index contributed by atoms with van der Waals surface area (Å²) in [7, 11) is 0. The summed E-state index contributed by atoms with van der Waals surface area (Å²) in [4.78, 5) is 51.0. The molecular weight excluding hydrogens is 471 g/mol. The highest BCUT2D eigenvalue weighted by Gasteiger charge is 2.39. The van der Waals surface area contributed by atoms with Crippen molar-refractivity contribution in [3.63, 3.8) is 0 Å². The zero-order chi connectivity index (χ0) is 26.1. The fourth-order valence-corrected chi connectivity index (χ4v) is 3.65. The highest BCUT2D eigenvalue weighted by Crippen LogP contribution is 2.32. The van der Waals surface area contributed by atoms with E-state index in [1.807, 2.05) is 0 Å². The van der Waals surface area contributed by atoms with Crippen LogP contribution in [0.1, 0.15) is 39.9 Å². The van der Waals surface area contributed by atoms with Gasteiger partial charge in [-0.1, -0.05) is 6.07 Å². The molecule has 35 heavy (non-hydrogen) atoms. The van der Waals surface area contributed by atoms with E-state index < -0.39 is 24.1 Å². The third-order valence-electron chi connectivity index (χ3n) is 5.41. The lowest BCUT2D eigenvalue weighted by molar-refractivity contribution is -0.192. The van der Waals surface area contributed by atoms with Gasteiger partial charge >= 0.3 is 12.1 Å². The monoisotopic (exact) mass is 489 g/mol. The lowest BCUT2D eigenvalue weighted by Gasteiger charge is -2.29. The number of pyridine rings is 1. The standard InChI is InChI=1S/C20H17N5O3.C2HF3O2/c1-10-6-12(8-21)17(24-18(10)22)11-2-3-14-13(7-11)9-25(20(14)28)15-4-5-16(26)23-19(15)27;3-2(4,5)1(6)7/h2-3,6-7,15H,4-5,9H2,1H3,(H2,22,24)(H,23,26,27);(H,6,7). The number of carboxylic acid groups (broad SMARTS) is 1. The Balaban J connectivity index is 0.000000429. The van der Waals surface area contributed by atoms with E-state index in [0.29, 0.717) is 34.6 Å². The zero-order valence-electron chi connectivity index (χ0n) is 18.1. The van der Waals surface area contributed by atoms with Gasteiger partial charge < -0.3 is 15.7 Å². The van der Waals surface area contributed by atoms with Crippen LogP contribution >= 0.6 is 0 Å². The van der Waals surface area contributed by atoms with Crippen molar-refractivity contribution in [3.05, 3.63) is 46.5 Å². The average Bonchev–Trinajstić information content (AvgIpc) is 3.10. The van der Waals surface area contributed by atoms with Gasteiger partial charge in [-0.05, 0) is 42.7 Å². The SMILES string of the molecule is Cc1cc(C#N)c(-c2ccc3c(c2)CN(C2CCC(=O)NC2=O)C3=O)nc1N.O=C(O)C(F)(F)F. The molecule has 182 valence electrons. The molecule has 1 saturated heterocycles. The molecule has 1 aromatic heterocycles. The number of halogens is 3. The molecule has 1 atom stereocenters. The number of nitrogens with one attached hydrogen (secondary N) is 1. The topological polar surface area (TPSA) is 166 Å². The number of imide groups is 1. The summed E-state index contributed by atoms with van der Waals surface area (Å²) < 4.78 is 31.7. The highest BCUT2D eigenvalue weighted by molar-refractivity contribution is 6.05. The number of anilines is 1. The Labute approximate surface area is 196 Å². The Kier molecular flexibility index (Phi) is 6.77. The van der Waals surface area contributed by atoms with Crippen molar-refractivity contribution in [2.45, 2.75) is 38.5 Å². The first-order valence-electron chi connectivity index (χ1n) is 10.1. The van der Waals surface area contributed by atoms with E-state index in [1.165, 1.54) is 4.90 Å². The molecule has 4 rings (SSSR count).